The molecule has 1 N–H and O–H groups in total. The number of carbonyl (C=O) groups excluding carboxylic acids is 1. The van der Waals surface area contributed by atoms with E-state index >= 15 is 0 Å². The van der Waals surface area contributed by atoms with Gasteiger partial charge in [0.25, 0.3) is 0 Å². The Balaban J connectivity index is 1.43. The smallest absolute Gasteiger partial charge is 0.244 e. The number of rotatable bonds is 6. The predicted octanol–water partition coefficient (Wildman–Crippen LogP) is 4.94. The zero-order valence-corrected chi connectivity index (χ0v) is 15.2. The zero-order valence-electron chi connectivity index (χ0n) is 15.2. The SMILES string of the molecule is O=C(CC1CCc2ccccc21)NOC(c1ccccc1)c1ccccc1. The highest BCUT2D eigenvalue weighted by Gasteiger charge is 2.25. The first-order valence-corrected chi connectivity index (χ1v) is 9.43. The molecule has 136 valence electrons. The van der Waals surface area contributed by atoms with Gasteiger partial charge in [0, 0.05) is 6.42 Å². The standard InChI is InChI=1S/C24H23NO2/c26-23(17-21-16-15-18-9-7-8-14-22(18)21)25-27-24(19-10-3-1-4-11-19)20-12-5-2-6-13-20/h1-14,21,24H,15-17H2,(H,25,26). The minimum absolute atomic E-state index is 0.0754. The number of benzene rings is 3. The maximum atomic E-state index is 12.5. The van der Waals surface area contributed by atoms with E-state index in [9.17, 15) is 4.79 Å². The number of nitrogens with one attached hydrogen (secondary N) is 1. The summed E-state index contributed by atoms with van der Waals surface area (Å²) in [5.74, 6) is 0.199. The van der Waals surface area contributed by atoms with Gasteiger partial charge in [-0.05, 0) is 41.0 Å². The molecule has 0 aliphatic heterocycles. The second kappa shape index (κ2) is 8.19. The molecule has 1 amide bonds. The van der Waals surface area contributed by atoms with Crippen molar-refractivity contribution in [2.45, 2.75) is 31.3 Å². The Bertz CT molecular complexity index is 853. The number of hydrogen-bond donors (Lipinski definition) is 1. The summed E-state index contributed by atoms with van der Waals surface area (Å²) in [7, 11) is 0. The first-order chi connectivity index (χ1) is 13.3. The van der Waals surface area contributed by atoms with E-state index in [1.165, 1.54) is 11.1 Å². The molecule has 0 aromatic heterocycles. The molecule has 3 heteroatoms. The van der Waals surface area contributed by atoms with Crippen molar-refractivity contribution in [3.05, 3.63) is 107 Å². The van der Waals surface area contributed by atoms with Crippen LogP contribution in [0.25, 0.3) is 0 Å². The summed E-state index contributed by atoms with van der Waals surface area (Å²) >= 11 is 0. The molecule has 0 fully saturated rings. The normalized spacial score (nSPS) is 15.5. The monoisotopic (exact) mass is 357 g/mol. The van der Waals surface area contributed by atoms with Crippen molar-refractivity contribution in [3.63, 3.8) is 0 Å². The van der Waals surface area contributed by atoms with Gasteiger partial charge < -0.3 is 0 Å². The molecule has 1 unspecified atom stereocenters. The average molecular weight is 357 g/mol. The van der Waals surface area contributed by atoms with Crippen LogP contribution in [0.1, 0.15) is 47.1 Å². The summed E-state index contributed by atoms with van der Waals surface area (Å²) in [6, 6.07) is 28.3. The van der Waals surface area contributed by atoms with Crippen LogP contribution in [0.3, 0.4) is 0 Å². The Morgan fingerprint density at radius 2 is 1.48 bits per heavy atom. The van der Waals surface area contributed by atoms with E-state index in [4.69, 9.17) is 4.84 Å². The number of fused-ring (bicyclic) bond motifs is 1. The molecule has 1 atom stereocenters. The summed E-state index contributed by atoms with van der Waals surface area (Å²) < 4.78 is 0. The highest BCUT2D eigenvalue weighted by atomic mass is 16.7. The van der Waals surface area contributed by atoms with E-state index in [-0.39, 0.29) is 17.9 Å². The van der Waals surface area contributed by atoms with Gasteiger partial charge in [0.05, 0.1) is 0 Å². The number of aryl methyl sites for hydroxylation is 1. The van der Waals surface area contributed by atoms with Crippen LogP contribution in [0, 0.1) is 0 Å². The second-order valence-corrected chi connectivity index (χ2v) is 6.98. The predicted molar refractivity (Wildman–Crippen MR) is 106 cm³/mol. The third-order valence-corrected chi connectivity index (χ3v) is 5.18. The van der Waals surface area contributed by atoms with Crippen molar-refractivity contribution in [1.82, 2.24) is 5.48 Å². The summed E-state index contributed by atoms with van der Waals surface area (Å²) in [6.07, 6.45) is 2.19. The second-order valence-electron chi connectivity index (χ2n) is 6.98. The van der Waals surface area contributed by atoms with Gasteiger partial charge in [0.15, 0.2) is 0 Å². The number of carbonyl (C=O) groups is 1. The summed E-state index contributed by atoms with van der Waals surface area (Å²) in [4.78, 5) is 18.4. The lowest BCUT2D eigenvalue weighted by atomic mass is 9.98. The third kappa shape index (κ3) is 4.09. The lowest BCUT2D eigenvalue weighted by molar-refractivity contribution is -0.137. The molecule has 1 aliphatic rings. The first-order valence-electron chi connectivity index (χ1n) is 9.43. The molecule has 0 saturated heterocycles. The molecule has 3 aromatic rings. The Morgan fingerprint density at radius 1 is 0.889 bits per heavy atom. The van der Waals surface area contributed by atoms with Crippen LogP contribution in [-0.4, -0.2) is 5.91 Å². The quantitative estimate of drug-likeness (QED) is 0.634. The molecule has 0 radical (unpaired) electrons. The lowest BCUT2D eigenvalue weighted by Gasteiger charge is -2.19. The van der Waals surface area contributed by atoms with Gasteiger partial charge in [0.1, 0.15) is 6.10 Å². The molecule has 0 spiro atoms. The van der Waals surface area contributed by atoms with Gasteiger partial charge in [0.2, 0.25) is 5.91 Å². The van der Waals surface area contributed by atoms with E-state index in [2.05, 4.69) is 23.7 Å². The van der Waals surface area contributed by atoms with Crippen LogP contribution in [0.4, 0.5) is 0 Å². The van der Waals surface area contributed by atoms with E-state index in [1.54, 1.807) is 0 Å². The van der Waals surface area contributed by atoms with Gasteiger partial charge in [-0.3, -0.25) is 9.63 Å². The van der Waals surface area contributed by atoms with Gasteiger partial charge >= 0.3 is 0 Å². The molecular formula is C24H23NO2. The molecule has 4 rings (SSSR count). The molecule has 3 nitrogen and oxygen atoms in total. The fraction of sp³-hybridized carbons (Fsp3) is 0.208. The van der Waals surface area contributed by atoms with Gasteiger partial charge in [-0.15, -0.1) is 0 Å². The molecule has 0 saturated carbocycles. The molecule has 3 aromatic carbocycles. The Hall–Kier alpha value is -2.91. The van der Waals surface area contributed by atoms with Gasteiger partial charge in [-0.25, -0.2) is 5.48 Å². The number of hydrogen-bond acceptors (Lipinski definition) is 2. The molecule has 0 heterocycles. The van der Waals surface area contributed by atoms with Crippen LogP contribution in [0.2, 0.25) is 0 Å². The maximum Gasteiger partial charge on any atom is 0.244 e. The van der Waals surface area contributed by atoms with Crippen LogP contribution >= 0.6 is 0 Å². The molecule has 1 aliphatic carbocycles. The number of hydroxylamine groups is 1. The topological polar surface area (TPSA) is 38.3 Å². The Morgan fingerprint density at radius 3 is 2.15 bits per heavy atom. The van der Waals surface area contributed by atoms with Crippen molar-refractivity contribution >= 4 is 5.91 Å². The van der Waals surface area contributed by atoms with E-state index in [1.807, 2.05) is 66.7 Å². The average Bonchev–Trinajstić information content (AvgIpc) is 3.13. The molecule has 0 bridgehead atoms. The largest absolute Gasteiger partial charge is 0.273 e. The summed E-state index contributed by atoms with van der Waals surface area (Å²) in [5.41, 5.74) is 7.38. The highest BCUT2D eigenvalue weighted by Crippen LogP contribution is 2.35. The zero-order chi connectivity index (χ0) is 18.5. The van der Waals surface area contributed by atoms with Gasteiger partial charge in [-0.2, -0.15) is 0 Å². The summed E-state index contributed by atoms with van der Waals surface area (Å²) in [6.45, 7) is 0. The fourth-order valence-corrected chi connectivity index (χ4v) is 3.83. The van der Waals surface area contributed by atoms with Gasteiger partial charge in [-0.1, -0.05) is 84.9 Å². The van der Waals surface area contributed by atoms with E-state index in [0.717, 1.165) is 24.0 Å². The Labute approximate surface area is 160 Å². The maximum absolute atomic E-state index is 12.5. The number of amides is 1. The Kier molecular flexibility index (Phi) is 5.31. The fourth-order valence-electron chi connectivity index (χ4n) is 3.83. The van der Waals surface area contributed by atoms with Crippen LogP contribution in [0.15, 0.2) is 84.9 Å². The van der Waals surface area contributed by atoms with Crippen molar-refractivity contribution < 1.29 is 9.63 Å². The van der Waals surface area contributed by atoms with Crippen LogP contribution < -0.4 is 5.48 Å². The molecule has 27 heavy (non-hydrogen) atoms. The molecular weight excluding hydrogens is 334 g/mol. The van der Waals surface area contributed by atoms with Crippen molar-refractivity contribution in [3.8, 4) is 0 Å². The minimum Gasteiger partial charge on any atom is -0.273 e. The first kappa shape index (κ1) is 17.5. The van der Waals surface area contributed by atoms with E-state index < -0.39 is 0 Å². The summed E-state index contributed by atoms with van der Waals surface area (Å²) in [5, 5.41) is 0. The van der Waals surface area contributed by atoms with E-state index in [0.29, 0.717) is 6.42 Å². The van der Waals surface area contributed by atoms with Crippen molar-refractivity contribution in [1.29, 1.82) is 0 Å². The van der Waals surface area contributed by atoms with Crippen LogP contribution in [0.5, 0.6) is 0 Å². The van der Waals surface area contributed by atoms with Crippen molar-refractivity contribution in [2.24, 2.45) is 0 Å². The highest BCUT2D eigenvalue weighted by molar-refractivity contribution is 5.76. The minimum atomic E-state index is -0.327. The third-order valence-electron chi connectivity index (χ3n) is 5.18. The lowest BCUT2D eigenvalue weighted by Crippen LogP contribution is -2.27. The van der Waals surface area contributed by atoms with Crippen molar-refractivity contribution in [2.75, 3.05) is 0 Å². The van der Waals surface area contributed by atoms with Crippen LogP contribution in [-0.2, 0) is 16.1 Å².